The highest BCUT2D eigenvalue weighted by atomic mass is 19.4. The summed E-state index contributed by atoms with van der Waals surface area (Å²) in [5.74, 6) is -2.81. The van der Waals surface area contributed by atoms with Gasteiger partial charge in [-0.2, -0.15) is 26.3 Å². The molecule has 0 radical (unpaired) electrons. The zero-order valence-electron chi connectivity index (χ0n) is 57.4. The van der Waals surface area contributed by atoms with Crippen molar-refractivity contribution in [3.8, 4) is 0 Å². The van der Waals surface area contributed by atoms with Crippen molar-refractivity contribution in [2.75, 3.05) is 6.61 Å². The first-order chi connectivity index (χ1) is 41.0. The molecule has 0 spiro atoms. The SMILES string of the molecule is CCC(C)(C)C(=O)OC1(C(O)(C(F)(F)F)C(F)(F)F)CCCC1.CCC(C)(C)C(=O)OC12CC3CC(C(C)(C)O)(C1)CC(C(C)(C)O)(C3)C2.CCC(C)(C)C(=O)OC12CC3CC(C1)CC(C(C)(C)OC(=O)CC(=O)O)(C3)C2.CCC(C)(C)C(=O)OC1CCOC1=O. The molecule has 8 bridgehead atoms. The van der Waals surface area contributed by atoms with E-state index in [0.29, 0.717) is 56.5 Å². The maximum Gasteiger partial charge on any atom is 0.430 e. The maximum atomic E-state index is 13.2. The van der Waals surface area contributed by atoms with Gasteiger partial charge < -0.3 is 48.8 Å². The minimum atomic E-state index is -6.02. The Morgan fingerprint density at radius 1 is 0.516 bits per heavy atom. The monoisotopic (exact) mass is 1310 g/mol. The number of carbonyl (C=O) groups is 7. The molecule has 10 fully saturated rings. The minimum Gasteiger partial charge on any atom is -0.481 e. The predicted octanol–water partition coefficient (Wildman–Crippen LogP) is 13.7. The largest absolute Gasteiger partial charge is 0.481 e. The molecule has 23 heteroatoms. The van der Waals surface area contributed by atoms with E-state index in [1.54, 1.807) is 20.8 Å². The van der Waals surface area contributed by atoms with Gasteiger partial charge in [-0.1, -0.05) is 27.7 Å². The van der Waals surface area contributed by atoms with Crippen LogP contribution in [0.25, 0.3) is 0 Å². The van der Waals surface area contributed by atoms with E-state index in [9.17, 15) is 75.2 Å². The Kier molecular flexibility index (Phi) is 22.2. The van der Waals surface area contributed by atoms with Gasteiger partial charge in [-0.3, -0.25) is 28.8 Å². The molecular weight excluding hydrogens is 1200 g/mol. The number of aliphatic hydroxyl groups is 3. The molecule has 524 valence electrons. The van der Waals surface area contributed by atoms with Crippen molar-refractivity contribution in [2.24, 2.45) is 55.7 Å². The van der Waals surface area contributed by atoms with Gasteiger partial charge in [-0.15, -0.1) is 0 Å². The zero-order valence-corrected chi connectivity index (χ0v) is 57.4. The van der Waals surface area contributed by atoms with Crippen LogP contribution in [-0.4, -0.2) is 126 Å². The van der Waals surface area contributed by atoms with Crippen LogP contribution in [0.15, 0.2) is 0 Å². The molecular formula is C68H108F6O17. The summed E-state index contributed by atoms with van der Waals surface area (Å²) >= 11 is 0. The Balaban J connectivity index is 0.000000226. The summed E-state index contributed by atoms with van der Waals surface area (Å²) in [5.41, 5.74) is -15.4. The number of alkyl halides is 6. The lowest BCUT2D eigenvalue weighted by molar-refractivity contribution is -0.412. The highest BCUT2D eigenvalue weighted by Gasteiger charge is 2.82. The average molecular weight is 1310 g/mol. The summed E-state index contributed by atoms with van der Waals surface area (Å²) in [7, 11) is 0. The van der Waals surface area contributed by atoms with Crippen molar-refractivity contribution >= 4 is 41.8 Å². The molecule has 9 saturated carbocycles. The van der Waals surface area contributed by atoms with Gasteiger partial charge in [0, 0.05) is 22.7 Å². The first kappa shape index (κ1) is 77.5. The van der Waals surface area contributed by atoms with Crippen molar-refractivity contribution in [2.45, 2.75) is 324 Å². The highest BCUT2D eigenvalue weighted by molar-refractivity contribution is 5.90. The molecule has 91 heavy (non-hydrogen) atoms. The van der Waals surface area contributed by atoms with E-state index in [-0.39, 0.29) is 53.4 Å². The second-order valence-electron chi connectivity index (χ2n) is 32.7. The summed E-state index contributed by atoms with van der Waals surface area (Å²) in [5, 5.41) is 40.8. The molecule has 17 nitrogen and oxygen atoms in total. The number of hydrogen-bond donors (Lipinski definition) is 4. The number of rotatable bonds is 19. The van der Waals surface area contributed by atoms with Gasteiger partial charge >= 0.3 is 54.1 Å². The summed E-state index contributed by atoms with van der Waals surface area (Å²) in [4.78, 5) is 83.5. The fraction of sp³-hybridized carbons (Fsp3) is 0.897. The third-order valence-electron chi connectivity index (χ3n) is 23.2. The minimum absolute atomic E-state index is 0.00565. The van der Waals surface area contributed by atoms with Crippen molar-refractivity contribution in [1.82, 2.24) is 0 Å². The lowest BCUT2D eigenvalue weighted by atomic mass is 9.37. The smallest absolute Gasteiger partial charge is 0.430 e. The van der Waals surface area contributed by atoms with Gasteiger partial charge in [-0.05, 0) is 243 Å². The van der Waals surface area contributed by atoms with E-state index in [2.05, 4.69) is 0 Å². The van der Waals surface area contributed by atoms with Crippen LogP contribution in [0.1, 0.15) is 266 Å². The summed E-state index contributed by atoms with van der Waals surface area (Å²) in [6, 6.07) is 0. The number of carboxylic acid groups (broad SMARTS) is 1. The predicted molar refractivity (Wildman–Crippen MR) is 322 cm³/mol. The molecule has 1 aliphatic heterocycles. The van der Waals surface area contributed by atoms with Crippen molar-refractivity contribution < 1.29 is 109 Å². The summed E-state index contributed by atoms with van der Waals surface area (Å²) in [6.45, 7) is 33.2. The molecule has 10 aliphatic rings. The Bertz CT molecular complexity index is 2610. The van der Waals surface area contributed by atoms with Crippen LogP contribution in [0, 0.1) is 55.7 Å². The van der Waals surface area contributed by atoms with Crippen LogP contribution >= 0.6 is 0 Å². The van der Waals surface area contributed by atoms with E-state index in [4.69, 9.17) is 33.5 Å². The molecule has 4 N–H and O–H groups in total. The molecule has 5 unspecified atom stereocenters. The van der Waals surface area contributed by atoms with Crippen LogP contribution < -0.4 is 0 Å². The first-order valence-electron chi connectivity index (χ1n) is 32.9. The standard InChI is InChI=1S/C22H34O6.C22H38O4.C14H20F6O3.C10H16O4/c1-6-19(2,3)18(26)28-22-11-14-7-15(12-22)10-21(9-14,13-22)20(4,5)27-17(25)8-16(23)24;1-8-17(2,3)16(23)26-22-11-15-9-20(13-22,18(4,5)24)12-21(10-15,14-22)19(6,7)25;1-4-10(2,3)9(21)23-11(7-5-6-8-11)12(22,13(15,16)17)14(18,19)20;1-4-10(2,3)9(12)14-7-5-6-13-8(7)11/h14-15H,6-13H2,1-5H3,(H,23,24);15,24-25H,8-14H2,1-7H3;22H,4-8H2,1-3H3;7H,4-6H2,1-3H3. The second kappa shape index (κ2) is 26.1. The molecule has 10 rings (SSSR count). The number of esters is 6. The molecule has 0 amide bonds. The van der Waals surface area contributed by atoms with E-state index in [1.807, 2.05) is 90.0 Å². The molecule has 0 aromatic heterocycles. The molecule has 1 saturated heterocycles. The van der Waals surface area contributed by atoms with E-state index < -0.39 is 122 Å². The third-order valence-corrected chi connectivity index (χ3v) is 23.2. The van der Waals surface area contributed by atoms with Gasteiger partial charge in [-0.25, -0.2) is 4.79 Å². The lowest BCUT2D eigenvalue weighted by Gasteiger charge is -2.70. The Morgan fingerprint density at radius 3 is 1.26 bits per heavy atom. The average Bonchev–Trinajstić information content (AvgIpc) is 0.997. The number of hydrogen-bond acceptors (Lipinski definition) is 16. The Hall–Kier alpha value is -4.25. The van der Waals surface area contributed by atoms with E-state index in [0.717, 1.165) is 70.6 Å². The molecule has 0 aromatic rings. The highest BCUT2D eigenvalue weighted by Crippen LogP contribution is 2.73. The van der Waals surface area contributed by atoms with Crippen LogP contribution in [0.4, 0.5) is 26.3 Å². The number of carboxylic acids is 1. The molecule has 0 aromatic carbocycles. The quantitative estimate of drug-likeness (QED) is 0.0406. The van der Waals surface area contributed by atoms with Crippen molar-refractivity contribution in [1.29, 1.82) is 0 Å². The molecule has 9 aliphatic carbocycles. The Labute approximate surface area is 534 Å². The van der Waals surface area contributed by atoms with Crippen molar-refractivity contribution in [3.05, 3.63) is 0 Å². The topological polar surface area (TPSA) is 256 Å². The first-order valence-corrected chi connectivity index (χ1v) is 32.9. The van der Waals surface area contributed by atoms with Gasteiger partial charge in [0.1, 0.15) is 23.2 Å². The van der Waals surface area contributed by atoms with Crippen molar-refractivity contribution in [3.63, 3.8) is 0 Å². The maximum absolute atomic E-state index is 13.2. The fourth-order valence-corrected chi connectivity index (χ4v) is 16.0. The van der Waals surface area contributed by atoms with Gasteiger partial charge in [0.2, 0.25) is 6.10 Å². The number of carbonyl (C=O) groups excluding carboxylic acids is 6. The normalized spacial score (nSPS) is 30.3. The third kappa shape index (κ3) is 15.7. The molecule has 5 atom stereocenters. The number of halogens is 6. The zero-order chi connectivity index (χ0) is 69.9. The van der Waals surface area contributed by atoms with Gasteiger partial charge in [0.25, 0.3) is 5.60 Å². The second-order valence-corrected chi connectivity index (χ2v) is 32.7. The van der Waals surface area contributed by atoms with E-state index in [1.165, 1.54) is 13.8 Å². The van der Waals surface area contributed by atoms with E-state index >= 15 is 0 Å². The Morgan fingerprint density at radius 2 is 0.890 bits per heavy atom. The van der Waals surface area contributed by atoms with Crippen LogP contribution in [0.2, 0.25) is 0 Å². The van der Waals surface area contributed by atoms with Gasteiger partial charge in [0.05, 0.1) is 39.5 Å². The van der Waals surface area contributed by atoms with Crippen LogP contribution in [-0.2, 0) is 62.0 Å². The number of aliphatic carboxylic acids is 1. The molecule has 1 heterocycles. The number of ether oxygens (including phenoxy) is 6. The summed E-state index contributed by atoms with van der Waals surface area (Å²) in [6.07, 6.45) is -1.49. The van der Waals surface area contributed by atoms with Crippen LogP contribution in [0.5, 0.6) is 0 Å². The fourth-order valence-electron chi connectivity index (χ4n) is 16.0. The van der Waals surface area contributed by atoms with Crippen LogP contribution in [0.3, 0.4) is 0 Å². The lowest BCUT2D eigenvalue weighted by Crippen LogP contribution is -2.71. The summed E-state index contributed by atoms with van der Waals surface area (Å²) < 4.78 is 112. The number of cyclic esters (lactones) is 1. The van der Waals surface area contributed by atoms with Gasteiger partial charge in [0.15, 0.2) is 5.60 Å².